The summed E-state index contributed by atoms with van der Waals surface area (Å²) in [6.45, 7) is 3.10. The van der Waals surface area contributed by atoms with Gasteiger partial charge >= 0.3 is 0 Å². The lowest BCUT2D eigenvalue weighted by Crippen LogP contribution is -2.34. The Balaban J connectivity index is 1.78. The number of hydrogen-bond acceptors (Lipinski definition) is 3. The molecule has 0 spiro atoms. The smallest absolute Gasteiger partial charge is 0.0408 e. The van der Waals surface area contributed by atoms with E-state index < -0.39 is 0 Å². The van der Waals surface area contributed by atoms with Crippen molar-refractivity contribution in [3.63, 3.8) is 0 Å². The number of rotatable bonds is 7. The maximum atomic E-state index is 6.52. The van der Waals surface area contributed by atoms with Gasteiger partial charge in [-0.2, -0.15) is 0 Å². The molecule has 0 saturated heterocycles. The molecule has 0 fully saturated rings. The molecule has 0 aromatic heterocycles. The molecule has 3 N–H and O–H groups in total. The van der Waals surface area contributed by atoms with E-state index in [4.69, 9.17) is 17.3 Å². The van der Waals surface area contributed by atoms with Crippen LogP contribution < -0.4 is 10.5 Å². The van der Waals surface area contributed by atoms with E-state index in [1.165, 1.54) is 28.7 Å². The Hall–Kier alpha value is -1.00. The molecule has 2 unspecified atom stereocenters. The summed E-state index contributed by atoms with van der Waals surface area (Å²) in [7, 11) is 0. The second-order valence-electron chi connectivity index (χ2n) is 6.85. The molecule has 0 bridgehead atoms. The molecular formula is C21H27ClN2S. The minimum absolute atomic E-state index is 0.212. The second kappa shape index (κ2) is 9.09. The maximum absolute atomic E-state index is 6.52. The molecule has 0 saturated carbocycles. The average Bonchev–Trinajstić information content (AvgIpc) is 2.61. The van der Waals surface area contributed by atoms with Gasteiger partial charge in [0.05, 0.1) is 0 Å². The summed E-state index contributed by atoms with van der Waals surface area (Å²) >= 11 is 7.97. The van der Waals surface area contributed by atoms with E-state index in [1.54, 1.807) is 11.9 Å². The maximum Gasteiger partial charge on any atom is 0.0408 e. The van der Waals surface area contributed by atoms with Gasteiger partial charge in [-0.05, 0) is 60.1 Å². The number of hydrogen-bond donors (Lipinski definition) is 2. The zero-order valence-corrected chi connectivity index (χ0v) is 16.4. The first-order chi connectivity index (χ1) is 12.2. The third-order valence-corrected chi connectivity index (χ3v) is 6.10. The summed E-state index contributed by atoms with van der Waals surface area (Å²) in [5, 5.41) is 0.799. The Morgan fingerprint density at radius 1 is 1.20 bits per heavy atom. The lowest BCUT2D eigenvalue weighted by Gasteiger charge is -2.32. The van der Waals surface area contributed by atoms with Crippen molar-refractivity contribution in [3.05, 3.63) is 69.7 Å². The summed E-state index contributed by atoms with van der Waals surface area (Å²) in [5.74, 6) is 1.51. The molecule has 2 aromatic rings. The van der Waals surface area contributed by atoms with Crippen LogP contribution in [-0.2, 0) is 19.4 Å². The third-order valence-electron chi connectivity index (χ3n) is 4.90. The molecule has 0 heterocycles. The molecule has 1 aliphatic rings. The Morgan fingerprint density at radius 3 is 2.88 bits per heavy atom. The topological polar surface area (TPSA) is 38.0 Å². The van der Waals surface area contributed by atoms with Crippen molar-refractivity contribution >= 4 is 23.5 Å². The highest BCUT2D eigenvalue weighted by Crippen LogP contribution is 2.34. The monoisotopic (exact) mass is 374 g/mol. The number of nitrogens with two attached hydrogens (primary N) is 1. The molecule has 134 valence electrons. The van der Waals surface area contributed by atoms with Crippen LogP contribution >= 0.6 is 23.5 Å². The van der Waals surface area contributed by atoms with Crippen molar-refractivity contribution in [2.45, 2.75) is 51.1 Å². The Labute approximate surface area is 160 Å². The fraction of sp³-hybridized carbons (Fsp3) is 0.429. The predicted octanol–water partition coefficient (Wildman–Crippen LogP) is 5.09. The van der Waals surface area contributed by atoms with Gasteiger partial charge in [0.25, 0.3) is 0 Å². The molecule has 0 radical (unpaired) electrons. The van der Waals surface area contributed by atoms with E-state index in [0.717, 1.165) is 36.6 Å². The standard InChI is InChI=1S/C21H27ClN2S/c1-2-10-25-24-14-16-6-7-17-8-9-21(23)20(19(17)13-16)12-15-4-3-5-18(22)11-15/h3-7,11,13,20-21,24H,2,8-10,12,14,23H2,1H3. The number of aryl methyl sites for hydroxylation is 1. The summed E-state index contributed by atoms with van der Waals surface area (Å²) in [5.41, 5.74) is 12.0. The molecule has 1 aliphatic carbocycles. The average molecular weight is 375 g/mol. The Kier molecular flexibility index (Phi) is 6.83. The van der Waals surface area contributed by atoms with Crippen molar-refractivity contribution in [3.8, 4) is 0 Å². The van der Waals surface area contributed by atoms with Crippen LogP contribution in [0.15, 0.2) is 42.5 Å². The van der Waals surface area contributed by atoms with Gasteiger partial charge in [-0.1, -0.05) is 60.8 Å². The molecule has 4 heteroatoms. The lowest BCUT2D eigenvalue weighted by molar-refractivity contribution is 0.467. The van der Waals surface area contributed by atoms with E-state index in [1.807, 2.05) is 12.1 Å². The normalized spacial score (nSPS) is 19.6. The van der Waals surface area contributed by atoms with Crippen LogP contribution in [0.4, 0.5) is 0 Å². The number of benzene rings is 2. The van der Waals surface area contributed by atoms with Crippen LogP contribution in [0.25, 0.3) is 0 Å². The number of halogens is 1. The third kappa shape index (κ3) is 5.01. The van der Waals surface area contributed by atoms with E-state index in [-0.39, 0.29) is 6.04 Å². The van der Waals surface area contributed by atoms with Crippen LogP contribution in [-0.4, -0.2) is 11.8 Å². The highest BCUT2D eigenvalue weighted by molar-refractivity contribution is 7.97. The molecule has 0 amide bonds. The molecule has 25 heavy (non-hydrogen) atoms. The first-order valence-corrected chi connectivity index (χ1v) is 10.5. The Bertz CT molecular complexity index is 704. The van der Waals surface area contributed by atoms with Gasteiger partial charge in [-0.3, -0.25) is 4.72 Å². The quantitative estimate of drug-likeness (QED) is 0.523. The van der Waals surface area contributed by atoms with E-state index in [2.05, 4.69) is 42.0 Å². The number of fused-ring (bicyclic) bond motifs is 1. The van der Waals surface area contributed by atoms with Crippen molar-refractivity contribution in [2.75, 3.05) is 5.75 Å². The lowest BCUT2D eigenvalue weighted by atomic mass is 9.76. The fourth-order valence-corrected chi connectivity index (χ4v) is 4.40. The predicted molar refractivity (Wildman–Crippen MR) is 110 cm³/mol. The van der Waals surface area contributed by atoms with Crippen LogP contribution in [0.5, 0.6) is 0 Å². The second-order valence-corrected chi connectivity index (χ2v) is 8.27. The highest BCUT2D eigenvalue weighted by atomic mass is 35.5. The van der Waals surface area contributed by atoms with Gasteiger partial charge in [0, 0.05) is 29.3 Å². The molecule has 2 aromatic carbocycles. The first-order valence-electron chi connectivity index (χ1n) is 9.13. The van der Waals surface area contributed by atoms with Gasteiger partial charge in [-0.25, -0.2) is 0 Å². The van der Waals surface area contributed by atoms with E-state index in [9.17, 15) is 0 Å². The molecular weight excluding hydrogens is 348 g/mol. The van der Waals surface area contributed by atoms with Crippen LogP contribution in [0.2, 0.25) is 5.02 Å². The van der Waals surface area contributed by atoms with Gasteiger partial charge in [-0.15, -0.1) is 0 Å². The molecule has 0 aliphatic heterocycles. The van der Waals surface area contributed by atoms with Crippen molar-refractivity contribution in [1.82, 2.24) is 4.72 Å². The fourth-order valence-electron chi connectivity index (χ4n) is 3.57. The van der Waals surface area contributed by atoms with Crippen molar-refractivity contribution in [1.29, 1.82) is 0 Å². The van der Waals surface area contributed by atoms with E-state index in [0.29, 0.717) is 5.92 Å². The van der Waals surface area contributed by atoms with Crippen LogP contribution in [0.3, 0.4) is 0 Å². The minimum atomic E-state index is 0.212. The largest absolute Gasteiger partial charge is 0.327 e. The molecule has 2 nitrogen and oxygen atoms in total. The van der Waals surface area contributed by atoms with Crippen LogP contribution in [0.1, 0.15) is 47.9 Å². The van der Waals surface area contributed by atoms with Crippen LogP contribution in [0, 0.1) is 0 Å². The van der Waals surface area contributed by atoms with Gasteiger partial charge in [0.15, 0.2) is 0 Å². The van der Waals surface area contributed by atoms with Gasteiger partial charge < -0.3 is 5.73 Å². The molecule has 2 atom stereocenters. The summed E-state index contributed by atoms with van der Waals surface area (Å²) in [6, 6.07) is 15.3. The van der Waals surface area contributed by atoms with Gasteiger partial charge in [0.1, 0.15) is 0 Å². The minimum Gasteiger partial charge on any atom is -0.327 e. The summed E-state index contributed by atoms with van der Waals surface area (Å²) in [4.78, 5) is 0. The number of nitrogens with one attached hydrogen (secondary N) is 1. The van der Waals surface area contributed by atoms with Crippen molar-refractivity contribution in [2.24, 2.45) is 5.73 Å². The highest BCUT2D eigenvalue weighted by Gasteiger charge is 2.27. The zero-order chi connectivity index (χ0) is 17.6. The molecule has 3 rings (SSSR count). The van der Waals surface area contributed by atoms with E-state index >= 15 is 0 Å². The summed E-state index contributed by atoms with van der Waals surface area (Å²) < 4.78 is 3.46. The SMILES string of the molecule is CCCSNCc1ccc2c(c1)C(Cc1cccc(Cl)c1)C(N)CC2. The van der Waals surface area contributed by atoms with Crippen molar-refractivity contribution < 1.29 is 0 Å². The summed E-state index contributed by atoms with van der Waals surface area (Å²) in [6.07, 6.45) is 4.29. The van der Waals surface area contributed by atoms with Gasteiger partial charge in [0.2, 0.25) is 0 Å². The first kappa shape index (κ1) is 18.8. The Morgan fingerprint density at radius 2 is 2.08 bits per heavy atom. The zero-order valence-electron chi connectivity index (χ0n) is 14.8.